The summed E-state index contributed by atoms with van der Waals surface area (Å²) in [6.07, 6.45) is 1.28. The molecule has 0 unspecified atom stereocenters. The Morgan fingerprint density at radius 1 is 1.19 bits per heavy atom. The van der Waals surface area contributed by atoms with Gasteiger partial charge in [-0.1, -0.05) is 34.1 Å². The van der Waals surface area contributed by atoms with Gasteiger partial charge < -0.3 is 25.0 Å². The number of halogens is 1. The van der Waals surface area contributed by atoms with Crippen molar-refractivity contribution < 1.29 is 14.3 Å². The molecule has 0 saturated carbocycles. The molecule has 0 aliphatic rings. The molecule has 0 atom stereocenters. The molecule has 2 N–H and O–H groups in total. The molecule has 0 bridgehead atoms. The van der Waals surface area contributed by atoms with Gasteiger partial charge in [0.25, 0.3) is 0 Å². The van der Waals surface area contributed by atoms with Crippen LogP contribution in [0.5, 0.6) is 0 Å². The van der Waals surface area contributed by atoms with E-state index < -0.39 is 0 Å². The van der Waals surface area contributed by atoms with Crippen molar-refractivity contribution in [2.75, 3.05) is 54.1 Å². The van der Waals surface area contributed by atoms with E-state index >= 15 is 0 Å². The van der Waals surface area contributed by atoms with Gasteiger partial charge in [-0.25, -0.2) is 0 Å². The van der Waals surface area contributed by atoms with Crippen molar-refractivity contribution in [2.45, 2.75) is 19.4 Å². The van der Waals surface area contributed by atoms with Crippen LogP contribution in [0, 0.1) is 0 Å². The predicted octanol–water partition coefficient (Wildman–Crippen LogP) is 2.02. The maximum absolute atomic E-state index is 12.3. The van der Waals surface area contributed by atoms with Crippen molar-refractivity contribution >= 4 is 27.8 Å². The summed E-state index contributed by atoms with van der Waals surface area (Å²) in [6.45, 7) is 3.76. The van der Waals surface area contributed by atoms with Crippen LogP contribution in [0.3, 0.4) is 0 Å². The molecule has 8 heteroatoms. The SMILES string of the molecule is CN=C(NCCCOCCOC)NCCC(=O)N(C)Cc1ccccc1Br. The van der Waals surface area contributed by atoms with Gasteiger partial charge in [0.15, 0.2) is 5.96 Å². The molecule has 0 aliphatic heterocycles. The summed E-state index contributed by atoms with van der Waals surface area (Å²) in [5, 5.41) is 6.37. The third kappa shape index (κ3) is 10.3. The summed E-state index contributed by atoms with van der Waals surface area (Å²) in [5.74, 6) is 0.772. The van der Waals surface area contributed by atoms with Crippen molar-refractivity contribution in [3.8, 4) is 0 Å². The Labute approximate surface area is 170 Å². The molecule has 152 valence electrons. The first-order valence-electron chi connectivity index (χ1n) is 9.07. The molecule has 7 nitrogen and oxygen atoms in total. The molecular weight excluding hydrogens is 412 g/mol. The zero-order chi connectivity index (χ0) is 19.9. The summed E-state index contributed by atoms with van der Waals surface area (Å²) in [5.41, 5.74) is 1.09. The van der Waals surface area contributed by atoms with E-state index in [-0.39, 0.29) is 5.91 Å². The molecule has 1 aromatic carbocycles. The van der Waals surface area contributed by atoms with E-state index in [1.807, 2.05) is 31.3 Å². The number of carbonyl (C=O) groups is 1. The summed E-state index contributed by atoms with van der Waals surface area (Å²) < 4.78 is 11.3. The zero-order valence-electron chi connectivity index (χ0n) is 16.5. The molecule has 1 aromatic rings. The molecule has 0 aliphatic carbocycles. The maximum Gasteiger partial charge on any atom is 0.224 e. The second kappa shape index (κ2) is 14.4. The summed E-state index contributed by atoms with van der Waals surface area (Å²) >= 11 is 3.51. The number of ether oxygens (including phenoxy) is 2. The van der Waals surface area contributed by atoms with E-state index in [0.717, 1.165) is 23.0 Å². The molecule has 0 saturated heterocycles. The number of aliphatic imine (C=N–C) groups is 1. The van der Waals surface area contributed by atoms with E-state index in [4.69, 9.17) is 9.47 Å². The van der Waals surface area contributed by atoms with E-state index in [1.54, 1.807) is 19.1 Å². The molecule has 0 radical (unpaired) electrons. The quantitative estimate of drug-likeness (QED) is 0.294. The average molecular weight is 443 g/mol. The van der Waals surface area contributed by atoms with Crippen LogP contribution in [0.2, 0.25) is 0 Å². The average Bonchev–Trinajstić information content (AvgIpc) is 2.67. The van der Waals surface area contributed by atoms with Crippen LogP contribution in [-0.4, -0.2) is 70.9 Å². The second-order valence-electron chi connectivity index (χ2n) is 5.98. The minimum absolute atomic E-state index is 0.0836. The Balaban J connectivity index is 2.20. The first-order chi connectivity index (χ1) is 13.1. The van der Waals surface area contributed by atoms with Crippen LogP contribution in [0.15, 0.2) is 33.7 Å². The van der Waals surface area contributed by atoms with Crippen LogP contribution in [0.1, 0.15) is 18.4 Å². The standard InChI is InChI=1S/C19H31BrN4O3/c1-21-19(22-10-6-12-27-14-13-26-3)23-11-9-18(25)24(2)15-16-7-4-5-8-17(16)20/h4-5,7-8H,6,9-15H2,1-3H3,(H2,21,22,23). The Kier molecular flexibility index (Phi) is 12.5. The van der Waals surface area contributed by atoms with Gasteiger partial charge in [0.2, 0.25) is 5.91 Å². The Morgan fingerprint density at radius 3 is 2.63 bits per heavy atom. The number of hydrogen-bond acceptors (Lipinski definition) is 4. The molecule has 1 rings (SSSR count). The minimum Gasteiger partial charge on any atom is -0.382 e. The number of guanidine groups is 1. The van der Waals surface area contributed by atoms with Gasteiger partial charge in [0.05, 0.1) is 13.2 Å². The van der Waals surface area contributed by atoms with Crippen molar-refractivity contribution in [1.82, 2.24) is 15.5 Å². The van der Waals surface area contributed by atoms with Crippen LogP contribution in [-0.2, 0) is 20.8 Å². The molecule has 0 spiro atoms. The lowest BCUT2D eigenvalue weighted by molar-refractivity contribution is -0.130. The van der Waals surface area contributed by atoms with Gasteiger partial charge in [-0.05, 0) is 18.1 Å². The molecule has 0 aromatic heterocycles. The zero-order valence-corrected chi connectivity index (χ0v) is 18.0. The minimum atomic E-state index is 0.0836. The highest BCUT2D eigenvalue weighted by molar-refractivity contribution is 9.10. The van der Waals surface area contributed by atoms with Crippen LogP contribution in [0.4, 0.5) is 0 Å². The highest BCUT2D eigenvalue weighted by Crippen LogP contribution is 2.17. The number of nitrogens with one attached hydrogen (secondary N) is 2. The van der Waals surface area contributed by atoms with Crippen molar-refractivity contribution in [3.05, 3.63) is 34.3 Å². The van der Waals surface area contributed by atoms with Crippen LogP contribution < -0.4 is 10.6 Å². The van der Waals surface area contributed by atoms with Crippen molar-refractivity contribution in [2.24, 2.45) is 4.99 Å². The molecule has 0 fully saturated rings. The van der Waals surface area contributed by atoms with Gasteiger partial charge in [0, 0.05) is 58.3 Å². The third-order valence-electron chi connectivity index (χ3n) is 3.84. The largest absolute Gasteiger partial charge is 0.382 e. The molecule has 27 heavy (non-hydrogen) atoms. The first kappa shape index (κ1) is 23.4. The van der Waals surface area contributed by atoms with E-state index in [0.29, 0.717) is 45.3 Å². The number of rotatable bonds is 12. The van der Waals surface area contributed by atoms with Crippen molar-refractivity contribution in [3.63, 3.8) is 0 Å². The number of hydrogen-bond donors (Lipinski definition) is 2. The van der Waals surface area contributed by atoms with Crippen LogP contribution >= 0.6 is 15.9 Å². The number of methoxy groups -OCH3 is 1. The van der Waals surface area contributed by atoms with Gasteiger partial charge in [0.1, 0.15) is 0 Å². The van der Waals surface area contributed by atoms with E-state index in [2.05, 4.69) is 31.6 Å². The highest BCUT2D eigenvalue weighted by Gasteiger charge is 2.10. The molecular formula is C19H31BrN4O3. The maximum atomic E-state index is 12.3. The van der Waals surface area contributed by atoms with Gasteiger partial charge in [-0.3, -0.25) is 9.79 Å². The number of nitrogens with zero attached hydrogens (tertiary/aromatic N) is 2. The summed E-state index contributed by atoms with van der Waals surface area (Å²) in [7, 11) is 5.19. The fourth-order valence-corrected chi connectivity index (χ4v) is 2.71. The van der Waals surface area contributed by atoms with E-state index in [9.17, 15) is 4.79 Å². The second-order valence-corrected chi connectivity index (χ2v) is 6.83. The van der Waals surface area contributed by atoms with Gasteiger partial charge in [-0.15, -0.1) is 0 Å². The Bertz CT molecular complexity index is 584. The van der Waals surface area contributed by atoms with Gasteiger partial charge in [-0.2, -0.15) is 0 Å². The number of amides is 1. The van der Waals surface area contributed by atoms with Gasteiger partial charge >= 0.3 is 0 Å². The lowest BCUT2D eigenvalue weighted by atomic mass is 10.2. The predicted molar refractivity (Wildman–Crippen MR) is 112 cm³/mol. The lowest BCUT2D eigenvalue weighted by Gasteiger charge is -2.19. The Hall–Kier alpha value is -1.64. The first-order valence-corrected chi connectivity index (χ1v) is 9.86. The molecule has 1 amide bonds. The fraction of sp³-hybridized carbons (Fsp3) is 0.579. The highest BCUT2D eigenvalue weighted by atomic mass is 79.9. The number of carbonyl (C=O) groups excluding carboxylic acids is 1. The smallest absolute Gasteiger partial charge is 0.224 e. The summed E-state index contributed by atoms with van der Waals surface area (Å²) in [6, 6.07) is 7.92. The number of benzene rings is 1. The normalized spacial score (nSPS) is 11.3. The van der Waals surface area contributed by atoms with Crippen LogP contribution in [0.25, 0.3) is 0 Å². The molecule has 0 heterocycles. The Morgan fingerprint density at radius 2 is 1.93 bits per heavy atom. The van der Waals surface area contributed by atoms with E-state index in [1.165, 1.54) is 0 Å². The summed E-state index contributed by atoms with van der Waals surface area (Å²) in [4.78, 5) is 18.2. The topological polar surface area (TPSA) is 75.2 Å². The third-order valence-corrected chi connectivity index (χ3v) is 4.61. The van der Waals surface area contributed by atoms with Crippen molar-refractivity contribution in [1.29, 1.82) is 0 Å². The fourth-order valence-electron chi connectivity index (χ4n) is 2.29. The monoisotopic (exact) mass is 442 g/mol. The lowest BCUT2D eigenvalue weighted by Crippen LogP contribution is -2.40.